The molecule has 1 aromatic carbocycles. The van der Waals surface area contributed by atoms with E-state index in [4.69, 9.17) is 4.98 Å². The predicted octanol–water partition coefficient (Wildman–Crippen LogP) is 5.50. The van der Waals surface area contributed by atoms with E-state index in [2.05, 4.69) is 16.0 Å². The van der Waals surface area contributed by atoms with E-state index in [9.17, 15) is 10.1 Å². The van der Waals surface area contributed by atoms with Gasteiger partial charge in [0, 0.05) is 36.3 Å². The molecule has 1 aliphatic heterocycles. The molecule has 3 aromatic heterocycles. The lowest BCUT2D eigenvalue weighted by Crippen LogP contribution is -2.42. The molecule has 168 valence electrons. The second-order valence-corrected chi connectivity index (χ2v) is 9.14. The van der Waals surface area contributed by atoms with Crippen molar-refractivity contribution < 1.29 is 4.79 Å². The van der Waals surface area contributed by atoms with Gasteiger partial charge in [0.1, 0.15) is 5.52 Å². The van der Waals surface area contributed by atoms with Crippen LogP contribution in [0.3, 0.4) is 0 Å². The molecule has 5 rings (SSSR count). The molecule has 0 bridgehead atoms. The van der Waals surface area contributed by atoms with Gasteiger partial charge in [0.2, 0.25) is 0 Å². The van der Waals surface area contributed by atoms with Gasteiger partial charge >= 0.3 is 6.03 Å². The van der Waals surface area contributed by atoms with E-state index in [1.54, 1.807) is 23.0 Å². The van der Waals surface area contributed by atoms with Gasteiger partial charge in [-0.1, -0.05) is 12.1 Å². The summed E-state index contributed by atoms with van der Waals surface area (Å²) >= 11 is 0. The predicted molar refractivity (Wildman–Crippen MR) is 132 cm³/mol. The summed E-state index contributed by atoms with van der Waals surface area (Å²) in [5.41, 5.74) is 6.64. The van der Waals surface area contributed by atoms with Gasteiger partial charge in [0.25, 0.3) is 0 Å². The van der Waals surface area contributed by atoms with Gasteiger partial charge in [-0.3, -0.25) is 14.9 Å². The summed E-state index contributed by atoms with van der Waals surface area (Å²) < 4.78 is 0. The van der Waals surface area contributed by atoms with Crippen molar-refractivity contribution in [3.05, 3.63) is 77.7 Å². The third kappa shape index (κ3) is 3.54. The van der Waals surface area contributed by atoms with Gasteiger partial charge in [-0.2, -0.15) is 5.26 Å². The number of carbonyl (C=O) groups excluding carboxylic acids is 1. The summed E-state index contributed by atoms with van der Waals surface area (Å²) in [5, 5.41) is 9.49. The number of amides is 2. The Morgan fingerprint density at radius 1 is 1.00 bits per heavy atom. The third-order valence-corrected chi connectivity index (χ3v) is 6.24. The minimum atomic E-state index is -0.617. The molecule has 1 aliphatic rings. The van der Waals surface area contributed by atoms with Crippen LogP contribution in [0.1, 0.15) is 30.7 Å². The summed E-state index contributed by atoms with van der Waals surface area (Å²) in [7, 11) is 1.78. The molecule has 0 fully saturated rings. The zero-order chi connectivity index (χ0) is 24.0. The van der Waals surface area contributed by atoms with E-state index >= 15 is 0 Å². The number of pyridine rings is 3. The van der Waals surface area contributed by atoms with Gasteiger partial charge in [0.05, 0.1) is 40.6 Å². The van der Waals surface area contributed by atoms with Crippen LogP contribution in [-0.2, 0) is 12.0 Å². The van der Waals surface area contributed by atoms with E-state index < -0.39 is 5.41 Å². The molecule has 7 nitrogen and oxygen atoms in total. The van der Waals surface area contributed by atoms with Crippen molar-refractivity contribution in [3.8, 4) is 17.3 Å². The Morgan fingerprint density at radius 3 is 2.44 bits per heavy atom. The van der Waals surface area contributed by atoms with Crippen LogP contribution in [0.25, 0.3) is 22.3 Å². The maximum Gasteiger partial charge on any atom is 0.329 e. The van der Waals surface area contributed by atoms with Crippen molar-refractivity contribution in [1.29, 1.82) is 5.26 Å². The maximum absolute atomic E-state index is 13.4. The minimum Gasteiger partial charge on any atom is -0.323 e. The molecule has 0 atom stereocenters. The van der Waals surface area contributed by atoms with Gasteiger partial charge < -0.3 is 4.90 Å². The second kappa shape index (κ2) is 7.92. The van der Waals surface area contributed by atoms with Gasteiger partial charge in [-0.05, 0) is 62.7 Å². The van der Waals surface area contributed by atoms with E-state index in [1.165, 1.54) is 0 Å². The van der Waals surface area contributed by atoms with Crippen LogP contribution < -0.4 is 4.90 Å². The highest BCUT2D eigenvalue weighted by Gasteiger charge is 2.32. The Bertz CT molecular complexity index is 1450. The quantitative estimate of drug-likeness (QED) is 0.413. The highest BCUT2D eigenvalue weighted by Crippen LogP contribution is 2.39. The average molecular weight is 449 g/mol. The molecule has 2 amide bonds. The van der Waals surface area contributed by atoms with Crippen molar-refractivity contribution in [2.24, 2.45) is 0 Å². The Balaban J connectivity index is 1.69. The van der Waals surface area contributed by atoms with Crippen LogP contribution in [0.15, 0.2) is 60.9 Å². The molecule has 7 heteroatoms. The number of benzene rings is 1. The molecule has 0 N–H and O–H groups in total. The van der Waals surface area contributed by atoms with Gasteiger partial charge in [-0.25, -0.2) is 9.78 Å². The number of fused-ring (bicyclic) bond motifs is 3. The second-order valence-electron chi connectivity index (χ2n) is 9.14. The van der Waals surface area contributed by atoms with Crippen LogP contribution in [0, 0.1) is 18.3 Å². The lowest BCUT2D eigenvalue weighted by atomic mass is 9.86. The van der Waals surface area contributed by atoms with Crippen LogP contribution in [0.5, 0.6) is 0 Å². The molecule has 0 aliphatic carbocycles. The number of carbonyl (C=O) groups is 1. The highest BCUT2D eigenvalue weighted by atomic mass is 16.2. The fourth-order valence-electron chi connectivity index (χ4n) is 4.16. The number of aryl methyl sites for hydroxylation is 1. The Hall–Kier alpha value is -4.31. The normalized spacial score (nSPS) is 13.7. The molecule has 0 unspecified atom stereocenters. The van der Waals surface area contributed by atoms with Gasteiger partial charge in [0.15, 0.2) is 0 Å². The molecule has 0 saturated carbocycles. The molecule has 0 spiro atoms. The molecule has 4 heterocycles. The van der Waals surface area contributed by atoms with E-state index in [-0.39, 0.29) is 6.03 Å². The van der Waals surface area contributed by atoms with Crippen LogP contribution in [0.4, 0.5) is 16.2 Å². The van der Waals surface area contributed by atoms with Crippen molar-refractivity contribution in [2.45, 2.75) is 32.7 Å². The van der Waals surface area contributed by atoms with Crippen LogP contribution >= 0.6 is 0 Å². The molecule has 34 heavy (non-hydrogen) atoms. The number of nitriles is 1. The first kappa shape index (κ1) is 21.5. The zero-order valence-electron chi connectivity index (χ0n) is 19.6. The maximum atomic E-state index is 13.4. The summed E-state index contributed by atoms with van der Waals surface area (Å²) in [6.07, 6.45) is 3.62. The van der Waals surface area contributed by atoms with Crippen LogP contribution in [0.2, 0.25) is 0 Å². The SMILES string of the molecule is Cc1ccc(-c2ccc3ncc4c(c3n2)N(c2ccc(C(C)(C)C#N)cc2)C(=O)N(C)C4)cn1. The van der Waals surface area contributed by atoms with Crippen molar-refractivity contribution in [3.63, 3.8) is 0 Å². The van der Waals surface area contributed by atoms with E-state index in [0.717, 1.165) is 33.8 Å². The number of hydrogen-bond donors (Lipinski definition) is 0. The fraction of sp³-hybridized carbons (Fsp3) is 0.222. The Labute approximate surface area is 198 Å². The summed E-state index contributed by atoms with van der Waals surface area (Å²) in [4.78, 5) is 30.7. The van der Waals surface area contributed by atoms with Crippen molar-refractivity contribution in [2.75, 3.05) is 11.9 Å². The third-order valence-electron chi connectivity index (χ3n) is 6.24. The first-order valence-corrected chi connectivity index (χ1v) is 11.1. The molecule has 0 radical (unpaired) electrons. The summed E-state index contributed by atoms with van der Waals surface area (Å²) in [6.45, 7) is 6.15. The molecular weight excluding hydrogens is 424 g/mol. The number of hydrogen-bond acceptors (Lipinski definition) is 5. The largest absolute Gasteiger partial charge is 0.329 e. The smallest absolute Gasteiger partial charge is 0.323 e. The fourth-order valence-corrected chi connectivity index (χ4v) is 4.16. The number of rotatable bonds is 3. The first-order valence-electron chi connectivity index (χ1n) is 11.1. The summed E-state index contributed by atoms with van der Waals surface area (Å²) in [6, 6.07) is 17.6. The lowest BCUT2D eigenvalue weighted by Gasteiger charge is -2.35. The average Bonchev–Trinajstić information content (AvgIpc) is 2.85. The van der Waals surface area contributed by atoms with Crippen LogP contribution in [-0.4, -0.2) is 32.9 Å². The monoisotopic (exact) mass is 448 g/mol. The standard InChI is InChI=1S/C27H24N6O/c1-17-5-6-18(13-29-17)22-11-12-23-24(31-22)25-19(14-30-23)15-32(4)26(34)33(25)21-9-7-20(8-10-21)27(2,3)16-28/h5-14H,15H2,1-4H3. The first-order chi connectivity index (χ1) is 16.3. The number of aromatic nitrogens is 3. The Kier molecular flexibility index (Phi) is 5.02. The summed E-state index contributed by atoms with van der Waals surface area (Å²) in [5.74, 6) is 0. The number of nitrogens with zero attached hydrogens (tertiary/aromatic N) is 6. The minimum absolute atomic E-state index is 0.142. The molecule has 0 saturated heterocycles. The van der Waals surface area contributed by atoms with Crippen molar-refractivity contribution >= 4 is 28.4 Å². The Morgan fingerprint density at radius 2 is 1.76 bits per heavy atom. The van der Waals surface area contributed by atoms with Gasteiger partial charge in [-0.15, -0.1) is 0 Å². The number of anilines is 2. The van der Waals surface area contributed by atoms with E-state index in [0.29, 0.717) is 23.3 Å². The topological polar surface area (TPSA) is 86.0 Å². The van der Waals surface area contributed by atoms with Crippen molar-refractivity contribution in [1.82, 2.24) is 19.9 Å². The number of urea groups is 1. The van der Waals surface area contributed by atoms with E-state index in [1.807, 2.05) is 75.5 Å². The lowest BCUT2D eigenvalue weighted by molar-refractivity contribution is 0.213. The molecular formula is C27H24N6O. The highest BCUT2D eigenvalue weighted by molar-refractivity contribution is 6.08. The zero-order valence-corrected chi connectivity index (χ0v) is 19.6. The molecule has 4 aromatic rings.